The molecule has 3 fully saturated rings. The number of hydrogen-bond donors (Lipinski definition) is 12. The van der Waals surface area contributed by atoms with Gasteiger partial charge in [0.05, 0.1) is 38.6 Å². The number of rotatable bonds is 25. The molecule has 0 bridgehead atoms. The van der Waals surface area contributed by atoms with Crippen molar-refractivity contribution in [2.75, 3.05) is 26.4 Å². The summed E-state index contributed by atoms with van der Waals surface area (Å²) in [7, 11) is 0. The van der Waals surface area contributed by atoms with Crippen LogP contribution in [0.25, 0.3) is 0 Å². The van der Waals surface area contributed by atoms with Crippen LogP contribution in [0.4, 0.5) is 0 Å². The lowest BCUT2D eigenvalue weighted by molar-refractivity contribution is -0.379. The molecule has 1 amide bonds. The molecule has 19 nitrogen and oxygen atoms in total. The van der Waals surface area contributed by atoms with Crippen molar-refractivity contribution in [2.24, 2.45) is 0 Å². The number of unbranched alkanes of at least 4 members (excludes halogenated alkanes) is 9. The van der Waals surface area contributed by atoms with E-state index in [-0.39, 0.29) is 18.9 Å². The zero-order chi connectivity index (χ0) is 41.4. The fraction of sp³-hybridized carbons (Fsp3) is 0.973. The van der Waals surface area contributed by atoms with Crippen molar-refractivity contribution in [2.45, 2.75) is 202 Å². The second-order valence-corrected chi connectivity index (χ2v) is 15.1. The zero-order valence-electron chi connectivity index (χ0n) is 32.6. The minimum Gasteiger partial charge on any atom is -0.394 e. The highest BCUT2D eigenvalue weighted by Crippen LogP contribution is 2.33. The predicted octanol–water partition coefficient (Wildman–Crippen LogP) is -2.59. The first-order valence-electron chi connectivity index (χ1n) is 20.3. The summed E-state index contributed by atoms with van der Waals surface area (Å²) in [6.07, 6.45) is -15.0. The molecule has 3 aliphatic rings. The highest BCUT2D eigenvalue weighted by Gasteiger charge is 2.53. The SMILES string of the molecule is CCCCCCCCC(O)C(COC1OC(CO)C(OC2OC(CO)C(OC3OC(CO)C(O)C(O)C3O)C(O)C2O)C(O)C1O)NC(=O)CCCCCCC. The Morgan fingerprint density at radius 2 is 1.02 bits per heavy atom. The van der Waals surface area contributed by atoms with E-state index < -0.39 is 124 Å². The Balaban J connectivity index is 1.63. The van der Waals surface area contributed by atoms with Gasteiger partial charge in [0.1, 0.15) is 73.2 Å². The van der Waals surface area contributed by atoms with Crippen LogP contribution < -0.4 is 5.32 Å². The Kier molecular flexibility index (Phi) is 22.3. The van der Waals surface area contributed by atoms with Crippen molar-refractivity contribution in [3.63, 3.8) is 0 Å². The Bertz CT molecular complexity index is 1070. The van der Waals surface area contributed by atoms with Crippen LogP contribution in [-0.4, -0.2) is 193 Å². The van der Waals surface area contributed by atoms with Crippen LogP contribution in [0.2, 0.25) is 0 Å². The summed E-state index contributed by atoms with van der Waals surface area (Å²) in [5.74, 6) is -0.265. The van der Waals surface area contributed by atoms with Crippen LogP contribution in [0.3, 0.4) is 0 Å². The quantitative estimate of drug-likeness (QED) is 0.0421. The first-order valence-corrected chi connectivity index (χ1v) is 20.3. The van der Waals surface area contributed by atoms with Gasteiger partial charge in [0.25, 0.3) is 0 Å². The van der Waals surface area contributed by atoms with E-state index in [2.05, 4.69) is 19.2 Å². The molecule has 17 atom stereocenters. The summed E-state index contributed by atoms with van der Waals surface area (Å²) < 4.78 is 33.8. The fourth-order valence-corrected chi connectivity index (χ4v) is 7.13. The molecule has 0 aromatic carbocycles. The van der Waals surface area contributed by atoms with E-state index in [4.69, 9.17) is 28.4 Å². The van der Waals surface area contributed by atoms with E-state index in [9.17, 15) is 61.0 Å². The van der Waals surface area contributed by atoms with Crippen LogP contribution in [0.1, 0.15) is 97.3 Å². The Labute approximate surface area is 328 Å². The number of amides is 1. The van der Waals surface area contributed by atoms with Gasteiger partial charge < -0.3 is 89.9 Å². The number of aliphatic hydroxyl groups is 11. The van der Waals surface area contributed by atoms with E-state index in [1.165, 1.54) is 0 Å². The molecule has 0 saturated carbocycles. The molecular formula is C37H69NO18. The van der Waals surface area contributed by atoms with Crippen LogP contribution in [0.5, 0.6) is 0 Å². The number of carbonyl (C=O) groups excluding carboxylic acids is 1. The van der Waals surface area contributed by atoms with Crippen LogP contribution in [0.15, 0.2) is 0 Å². The van der Waals surface area contributed by atoms with Gasteiger partial charge in [-0.2, -0.15) is 0 Å². The Morgan fingerprint density at radius 3 is 1.55 bits per heavy atom. The maximum absolute atomic E-state index is 12.8. The van der Waals surface area contributed by atoms with E-state index in [0.29, 0.717) is 12.8 Å². The number of hydrogen-bond acceptors (Lipinski definition) is 18. The summed E-state index contributed by atoms with van der Waals surface area (Å²) in [6, 6.07) is -0.871. The summed E-state index contributed by atoms with van der Waals surface area (Å²) in [5.41, 5.74) is 0. The molecule has 19 heteroatoms. The molecule has 3 rings (SSSR count). The second-order valence-electron chi connectivity index (χ2n) is 15.1. The van der Waals surface area contributed by atoms with E-state index in [1.807, 2.05) is 0 Å². The first kappa shape index (κ1) is 49.2. The average Bonchev–Trinajstić information content (AvgIpc) is 3.19. The number of aliphatic hydroxyl groups excluding tert-OH is 11. The molecule has 0 radical (unpaired) electrons. The molecular weight excluding hydrogens is 746 g/mol. The van der Waals surface area contributed by atoms with Crippen LogP contribution >= 0.6 is 0 Å². The molecule has 3 saturated heterocycles. The van der Waals surface area contributed by atoms with E-state index in [1.54, 1.807) is 0 Å². The van der Waals surface area contributed by atoms with Crippen molar-refractivity contribution >= 4 is 5.91 Å². The second kappa shape index (κ2) is 25.4. The molecule has 3 aliphatic heterocycles. The highest BCUT2D eigenvalue weighted by molar-refractivity contribution is 5.76. The van der Waals surface area contributed by atoms with Gasteiger partial charge in [0.2, 0.25) is 5.91 Å². The van der Waals surface area contributed by atoms with Gasteiger partial charge in [0.15, 0.2) is 18.9 Å². The molecule has 0 aromatic heterocycles. The lowest BCUT2D eigenvalue weighted by Crippen LogP contribution is -2.66. The maximum Gasteiger partial charge on any atom is 0.220 e. The number of carbonyl (C=O) groups is 1. The van der Waals surface area contributed by atoms with Crippen LogP contribution in [0, 0.1) is 0 Å². The van der Waals surface area contributed by atoms with E-state index in [0.717, 1.165) is 64.2 Å². The van der Waals surface area contributed by atoms with Crippen LogP contribution in [-0.2, 0) is 33.2 Å². The minimum absolute atomic E-state index is 0.262. The first-order chi connectivity index (χ1) is 26.8. The monoisotopic (exact) mass is 815 g/mol. The molecule has 0 aromatic rings. The average molecular weight is 816 g/mol. The van der Waals surface area contributed by atoms with Crippen molar-refractivity contribution in [3.8, 4) is 0 Å². The van der Waals surface area contributed by atoms with Gasteiger partial charge in [-0.05, 0) is 12.8 Å². The molecule has 12 N–H and O–H groups in total. The maximum atomic E-state index is 12.8. The third kappa shape index (κ3) is 13.9. The Hall–Kier alpha value is -1.21. The van der Waals surface area contributed by atoms with Gasteiger partial charge in [-0.1, -0.05) is 78.1 Å². The lowest BCUT2D eigenvalue weighted by Gasteiger charge is -2.48. The molecule has 0 aliphatic carbocycles. The molecule has 0 spiro atoms. The number of ether oxygens (including phenoxy) is 6. The topological polar surface area (TPSA) is 307 Å². The van der Waals surface area contributed by atoms with Crippen molar-refractivity contribution in [3.05, 3.63) is 0 Å². The van der Waals surface area contributed by atoms with Crippen molar-refractivity contribution in [1.29, 1.82) is 0 Å². The van der Waals surface area contributed by atoms with Crippen molar-refractivity contribution < 1.29 is 89.4 Å². The molecule has 56 heavy (non-hydrogen) atoms. The number of nitrogens with one attached hydrogen (secondary N) is 1. The Morgan fingerprint density at radius 1 is 0.571 bits per heavy atom. The van der Waals surface area contributed by atoms with Gasteiger partial charge >= 0.3 is 0 Å². The third-order valence-electron chi connectivity index (χ3n) is 10.7. The minimum atomic E-state index is -1.96. The highest BCUT2D eigenvalue weighted by atomic mass is 16.8. The molecule has 3 heterocycles. The van der Waals surface area contributed by atoms with Crippen molar-refractivity contribution in [1.82, 2.24) is 5.32 Å². The zero-order valence-corrected chi connectivity index (χ0v) is 32.6. The normalized spacial score (nSPS) is 37.6. The molecule has 330 valence electrons. The summed E-state index contributed by atoms with van der Waals surface area (Å²) in [4.78, 5) is 12.8. The molecule has 17 unspecified atom stereocenters. The largest absolute Gasteiger partial charge is 0.394 e. The summed E-state index contributed by atoms with van der Waals surface area (Å²) in [6.45, 7) is 1.53. The summed E-state index contributed by atoms with van der Waals surface area (Å²) in [5, 5.41) is 118. The smallest absolute Gasteiger partial charge is 0.220 e. The van der Waals surface area contributed by atoms with Gasteiger partial charge in [-0.15, -0.1) is 0 Å². The third-order valence-corrected chi connectivity index (χ3v) is 10.7. The summed E-state index contributed by atoms with van der Waals surface area (Å²) >= 11 is 0. The fourth-order valence-electron chi connectivity index (χ4n) is 7.13. The van der Waals surface area contributed by atoms with Gasteiger partial charge in [-0.25, -0.2) is 0 Å². The predicted molar refractivity (Wildman–Crippen MR) is 194 cm³/mol. The lowest BCUT2D eigenvalue weighted by atomic mass is 9.96. The van der Waals surface area contributed by atoms with Gasteiger partial charge in [-0.3, -0.25) is 4.79 Å². The van der Waals surface area contributed by atoms with E-state index >= 15 is 0 Å². The van der Waals surface area contributed by atoms with Gasteiger partial charge in [0, 0.05) is 6.42 Å². The standard InChI is InChI=1S/C37H69NO18/c1-3-5-7-9-11-12-14-21(42)20(38-25(43)15-13-10-8-6-4-2)19-51-35-31(49)28(46)33(23(17-40)53-35)56-37-32(50)29(47)34(24(18-41)54-37)55-36-30(48)27(45)26(44)22(16-39)52-36/h20-24,26-37,39-42,44-50H,3-19H2,1-2H3,(H,38,43).